The molecule has 1 aromatic heterocycles. The number of rotatable bonds is 9. The van der Waals surface area contributed by atoms with Gasteiger partial charge in [-0.25, -0.2) is 9.78 Å². The molecule has 96 valence electrons. The van der Waals surface area contributed by atoms with E-state index in [0.717, 1.165) is 13.0 Å². The van der Waals surface area contributed by atoms with Crippen LogP contribution in [0.2, 0.25) is 0 Å². The van der Waals surface area contributed by atoms with Crippen LogP contribution in [0.5, 0.6) is 0 Å². The zero-order valence-electron chi connectivity index (χ0n) is 10.2. The molecule has 0 aliphatic rings. The van der Waals surface area contributed by atoms with Crippen LogP contribution in [-0.2, 0) is 0 Å². The molecule has 0 amide bonds. The van der Waals surface area contributed by atoms with E-state index in [1.807, 2.05) is 0 Å². The van der Waals surface area contributed by atoms with Gasteiger partial charge in [-0.1, -0.05) is 39.0 Å². The number of nitrogens with one attached hydrogen (secondary N) is 1. The average molecular weight is 256 g/mol. The molecule has 1 heterocycles. The Balaban J connectivity index is 2.14. The maximum atomic E-state index is 10.8. The Hall–Kier alpha value is -1.10. The van der Waals surface area contributed by atoms with Gasteiger partial charge in [-0.3, -0.25) is 0 Å². The van der Waals surface area contributed by atoms with Gasteiger partial charge in [-0.05, 0) is 6.42 Å². The number of unbranched alkanes of at least 4 members (excludes halogenated alkanes) is 5. The van der Waals surface area contributed by atoms with Crippen LogP contribution in [0.15, 0.2) is 5.51 Å². The molecule has 0 aliphatic heterocycles. The van der Waals surface area contributed by atoms with Crippen LogP contribution in [0.3, 0.4) is 0 Å². The van der Waals surface area contributed by atoms with Gasteiger partial charge in [0.05, 0.1) is 5.51 Å². The fourth-order valence-corrected chi connectivity index (χ4v) is 2.33. The standard InChI is InChI=1S/C12H20N2O2S/c1-2-3-4-5-6-7-8-13-11-10(12(15)16)14-9-17-11/h9,13H,2-8H2,1H3,(H,15,16). The lowest BCUT2D eigenvalue weighted by atomic mass is 10.1. The lowest BCUT2D eigenvalue weighted by Crippen LogP contribution is -2.05. The average Bonchev–Trinajstić information content (AvgIpc) is 2.76. The van der Waals surface area contributed by atoms with Crippen molar-refractivity contribution in [3.05, 3.63) is 11.2 Å². The summed E-state index contributed by atoms with van der Waals surface area (Å²) in [5.74, 6) is -0.961. The number of thiazole rings is 1. The lowest BCUT2D eigenvalue weighted by molar-refractivity contribution is 0.0692. The third-order valence-corrected chi connectivity index (χ3v) is 3.37. The summed E-state index contributed by atoms with van der Waals surface area (Å²) in [6.45, 7) is 3.04. The van der Waals surface area contributed by atoms with E-state index in [2.05, 4.69) is 17.2 Å². The minimum absolute atomic E-state index is 0.140. The zero-order valence-corrected chi connectivity index (χ0v) is 11.1. The molecule has 17 heavy (non-hydrogen) atoms. The van der Waals surface area contributed by atoms with Crippen molar-refractivity contribution in [1.82, 2.24) is 4.98 Å². The van der Waals surface area contributed by atoms with Gasteiger partial charge < -0.3 is 10.4 Å². The van der Waals surface area contributed by atoms with Crippen LogP contribution in [0.25, 0.3) is 0 Å². The van der Waals surface area contributed by atoms with Crippen molar-refractivity contribution in [2.24, 2.45) is 0 Å². The maximum absolute atomic E-state index is 10.8. The summed E-state index contributed by atoms with van der Waals surface area (Å²) in [5, 5.41) is 12.7. The summed E-state index contributed by atoms with van der Waals surface area (Å²) in [6.07, 6.45) is 7.43. The molecule has 0 aromatic carbocycles. The minimum Gasteiger partial charge on any atom is -0.476 e. The Kier molecular flexibility index (Phi) is 6.62. The van der Waals surface area contributed by atoms with E-state index in [1.54, 1.807) is 5.51 Å². The highest BCUT2D eigenvalue weighted by molar-refractivity contribution is 7.14. The van der Waals surface area contributed by atoms with E-state index >= 15 is 0 Å². The van der Waals surface area contributed by atoms with Crippen LogP contribution in [0.4, 0.5) is 5.00 Å². The number of aromatic nitrogens is 1. The first kappa shape index (κ1) is 14.0. The fourth-order valence-electron chi connectivity index (χ4n) is 1.63. The Morgan fingerprint density at radius 1 is 1.35 bits per heavy atom. The first-order valence-electron chi connectivity index (χ1n) is 6.16. The maximum Gasteiger partial charge on any atom is 0.357 e. The van der Waals surface area contributed by atoms with Crippen molar-refractivity contribution in [2.75, 3.05) is 11.9 Å². The second-order valence-electron chi connectivity index (χ2n) is 4.03. The minimum atomic E-state index is -0.961. The molecule has 0 bridgehead atoms. The summed E-state index contributed by atoms with van der Waals surface area (Å²) in [4.78, 5) is 14.6. The number of nitrogens with zero attached hydrogens (tertiary/aromatic N) is 1. The Bertz CT molecular complexity index is 339. The molecule has 0 spiro atoms. The van der Waals surface area contributed by atoms with Crippen molar-refractivity contribution >= 4 is 22.3 Å². The Morgan fingerprint density at radius 2 is 2.06 bits per heavy atom. The molecule has 1 rings (SSSR count). The number of anilines is 1. The molecule has 0 unspecified atom stereocenters. The Morgan fingerprint density at radius 3 is 2.76 bits per heavy atom. The molecule has 4 nitrogen and oxygen atoms in total. The summed E-state index contributed by atoms with van der Waals surface area (Å²) in [6, 6.07) is 0. The van der Waals surface area contributed by atoms with E-state index in [0.29, 0.717) is 5.00 Å². The first-order chi connectivity index (χ1) is 8.25. The molecule has 0 fully saturated rings. The van der Waals surface area contributed by atoms with Crippen molar-refractivity contribution in [1.29, 1.82) is 0 Å². The first-order valence-corrected chi connectivity index (χ1v) is 7.04. The van der Waals surface area contributed by atoms with E-state index in [1.165, 1.54) is 43.4 Å². The number of carboxylic acids is 1. The molecule has 0 radical (unpaired) electrons. The van der Waals surface area contributed by atoms with E-state index < -0.39 is 5.97 Å². The number of carboxylic acid groups (broad SMARTS) is 1. The van der Waals surface area contributed by atoms with Crippen LogP contribution in [0.1, 0.15) is 55.9 Å². The largest absolute Gasteiger partial charge is 0.476 e. The molecule has 0 saturated heterocycles. The third kappa shape index (κ3) is 5.17. The zero-order chi connectivity index (χ0) is 12.5. The van der Waals surface area contributed by atoms with Gasteiger partial charge in [0.15, 0.2) is 5.69 Å². The fraction of sp³-hybridized carbons (Fsp3) is 0.667. The summed E-state index contributed by atoms with van der Waals surface area (Å²) >= 11 is 1.35. The van der Waals surface area contributed by atoms with Crippen LogP contribution in [-0.4, -0.2) is 22.6 Å². The molecule has 5 heteroatoms. The van der Waals surface area contributed by atoms with Crippen molar-refractivity contribution in [3.63, 3.8) is 0 Å². The molecule has 0 saturated carbocycles. The van der Waals surface area contributed by atoms with Gasteiger partial charge in [-0.15, -0.1) is 11.3 Å². The molecule has 1 aromatic rings. The second-order valence-corrected chi connectivity index (χ2v) is 4.88. The molecular formula is C12H20N2O2S. The van der Waals surface area contributed by atoms with Gasteiger partial charge >= 0.3 is 5.97 Å². The quantitative estimate of drug-likeness (QED) is 0.662. The highest BCUT2D eigenvalue weighted by Crippen LogP contribution is 2.20. The predicted molar refractivity (Wildman–Crippen MR) is 70.9 cm³/mol. The monoisotopic (exact) mass is 256 g/mol. The lowest BCUT2D eigenvalue weighted by Gasteiger charge is -2.04. The predicted octanol–water partition coefficient (Wildman–Crippen LogP) is 3.61. The van der Waals surface area contributed by atoms with Gasteiger partial charge in [0.1, 0.15) is 5.00 Å². The van der Waals surface area contributed by atoms with Crippen LogP contribution in [0, 0.1) is 0 Å². The smallest absolute Gasteiger partial charge is 0.357 e. The van der Waals surface area contributed by atoms with Gasteiger partial charge in [-0.2, -0.15) is 0 Å². The van der Waals surface area contributed by atoms with Gasteiger partial charge in [0, 0.05) is 6.54 Å². The number of carbonyl (C=O) groups is 1. The van der Waals surface area contributed by atoms with Crippen molar-refractivity contribution < 1.29 is 9.90 Å². The summed E-state index contributed by atoms with van der Waals surface area (Å²) in [5.41, 5.74) is 1.70. The number of aromatic carboxylic acids is 1. The SMILES string of the molecule is CCCCCCCCNc1scnc1C(=O)O. The molecule has 0 atom stereocenters. The summed E-state index contributed by atoms with van der Waals surface area (Å²) < 4.78 is 0. The number of hydrogen-bond acceptors (Lipinski definition) is 4. The van der Waals surface area contributed by atoms with Crippen LogP contribution >= 0.6 is 11.3 Å². The molecular weight excluding hydrogens is 236 g/mol. The van der Waals surface area contributed by atoms with Crippen molar-refractivity contribution in [3.8, 4) is 0 Å². The van der Waals surface area contributed by atoms with E-state index in [9.17, 15) is 4.79 Å². The highest BCUT2D eigenvalue weighted by atomic mass is 32.1. The van der Waals surface area contributed by atoms with Gasteiger partial charge in [0.25, 0.3) is 0 Å². The molecule has 2 N–H and O–H groups in total. The van der Waals surface area contributed by atoms with E-state index in [-0.39, 0.29) is 5.69 Å². The van der Waals surface area contributed by atoms with E-state index in [4.69, 9.17) is 5.11 Å². The highest BCUT2D eigenvalue weighted by Gasteiger charge is 2.12. The topological polar surface area (TPSA) is 62.2 Å². The van der Waals surface area contributed by atoms with Crippen LogP contribution < -0.4 is 5.32 Å². The second kappa shape index (κ2) is 8.06. The summed E-state index contributed by atoms with van der Waals surface area (Å²) in [7, 11) is 0. The van der Waals surface area contributed by atoms with Crippen molar-refractivity contribution in [2.45, 2.75) is 45.4 Å². The number of hydrogen-bond donors (Lipinski definition) is 2. The molecule has 0 aliphatic carbocycles. The third-order valence-electron chi connectivity index (χ3n) is 2.59. The normalized spacial score (nSPS) is 10.4. The Labute approximate surface area is 106 Å². The van der Waals surface area contributed by atoms with Gasteiger partial charge in [0.2, 0.25) is 0 Å².